The summed E-state index contributed by atoms with van der Waals surface area (Å²) in [5.74, 6) is -0.180. The van der Waals surface area contributed by atoms with Gasteiger partial charge in [-0.3, -0.25) is 14.7 Å². The average Bonchev–Trinajstić information content (AvgIpc) is 3.17. The maximum Gasteiger partial charge on any atom is 0.306 e. The van der Waals surface area contributed by atoms with Gasteiger partial charge in [0.1, 0.15) is 0 Å². The molecule has 0 amide bonds. The van der Waals surface area contributed by atoms with E-state index in [9.17, 15) is 4.79 Å². The predicted octanol–water partition coefficient (Wildman–Crippen LogP) is 5.82. The van der Waals surface area contributed by atoms with E-state index in [0.717, 1.165) is 22.7 Å². The highest BCUT2D eigenvalue weighted by atomic mass is 35.5. The van der Waals surface area contributed by atoms with Crippen LogP contribution in [-0.2, 0) is 22.5 Å². The summed E-state index contributed by atoms with van der Waals surface area (Å²) in [5, 5.41) is 2.02. The molecule has 3 aromatic rings. The first-order valence-corrected chi connectivity index (χ1v) is 12.3. The Morgan fingerprint density at radius 3 is 2.79 bits per heavy atom. The Bertz CT molecular complexity index is 1180. The molecular formula is C27H32ClN3O2. The maximum absolute atomic E-state index is 12.7. The van der Waals surface area contributed by atoms with Gasteiger partial charge in [-0.05, 0) is 76.1 Å². The molecule has 5 rings (SSSR count). The van der Waals surface area contributed by atoms with Crippen LogP contribution in [0, 0.1) is 6.92 Å². The summed E-state index contributed by atoms with van der Waals surface area (Å²) in [4.78, 5) is 19.8. The van der Waals surface area contributed by atoms with Crippen LogP contribution in [0.3, 0.4) is 0 Å². The Hall–Kier alpha value is -2.37. The minimum atomic E-state index is -0.163. The summed E-state index contributed by atoms with van der Waals surface area (Å²) < 4.78 is 7.98. The third-order valence-electron chi connectivity index (χ3n) is 7.37. The van der Waals surface area contributed by atoms with Crippen molar-refractivity contribution in [2.45, 2.75) is 77.1 Å². The topological polar surface area (TPSA) is 47.4 Å². The van der Waals surface area contributed by atoms with Crippen molar-refractivity contribution in [2.24, 2.45) is 0 Å². The Morgan fingerprint density at radius 1 is 1.24 bits per heavy atom. The predicted molar refractivity (Wildman–Crippen MR) is 132 cm³/mol. The van der Waals surface area contributed by atoms with Crippen molar-refractivity contribution < 1.29 is 9.53 Å². The van der Waals surface area contributed by atoms with E-state index in [2.05, 4.69) is 39.7 Å². The number of nitrogens with zero attached hydrogens (tertiary/aromatic N) is 3. The Kier molecular flexibility index (Phi) is 5.96. The van der Waals surface area contributed by atoms with Gasteiger partial charge < -0.3 is 9.30 Å². The molecule has 3 unspecified atom stereocenters. The van der Waals surface area contributed by atoms with Gasteiger partial charge >= 0.3 is 5.97 Å². The van der Waals surface area contributed by atoms with Gasteiger partial charge in [-0.1, -0.05) is 17.7 Å². The molecule has 2 aliphatic rings. The van der Waals surface area contributed by atoms with E-state index in [4.69, 9.17) is 16.3 Å². The molecule has 1 fully saturated rings. The standard InChI is InChI=1S/C27H32ClN3O2/c1-16(2)33-26(32)11-19(18-6-5-17(3)29-14-18)15-31-23-9-7-20(28)12-22(23)27-24-10-8-21(30(24)4)13-25(27)31/h5-7,9,12,14,16,19,21,24H,8,10-11,13,15H2,1-4H3. The van der Waals surface area contributed by atoms with Crippen molar-refractivity contribution >= 4 is 28.5 Å². The number of hydrogen-bond acceptors (Lipinski definition) is 4. The molecular weight excluding hydrogens is 434 g/mol. The molecule has 174 valence electrons. The summed E-state index contributed by atoms with van der Waals surface area (Å²) in [5.41, 5.74) is 6.07. The van der Waals surface area contributed by atoms with Crippen molar-refractivity contribution in [3.8, 4) is 0 Å². The second-order valence-corrected chi connectivity index (χ2v) is 10.4. The lowest BCUT2D eigenvalue weighted by molar-refractivity contribution is -0.147. The number of hydrogen-bond donors (Lipinski definition) is 0. The quantitative estimate of drug-likeness (QED) is 0.430. The lowest BCUT2D eigenvalue weighted by atomic mass is 9.95. The number of fused-ring (bicyclic) bond motifs is 6. The van der Waals surface area contributed by atoms with Crippen LogP contribution < -0.4 is 0 Å². The molecule has 0 radical (unpaired) electrons. The van der Waals surface area contributed by atoms with Crippen molar-refractivity contribution in [3.05, 3.63) is 64.1 Å². The minimum Gasteiger partial charge on any atom is -0.463 e. The first-order valence-electron chi connectivity index (χ1n) is 12.0. The summed E-state index contributed by atoms with van der Waals surface area (Å²) in [6.07, 6.45) is 5.56. The largest absolute Gasteiger partial charge is 0.463 e. The number of ether oxygens (including phenoxy) is 1. The highest BCUT2D eigenvalue weighted by Crippen LogP contribution is 2.47. The average molecular weight is 466 g/mol. The molecule has 0 N–H and O–H groups in total. The smallest absolute Gasteiger partial charge is 0.306 e. The van der Waals surface area contributed by atoms with Crippen LogP contribution >= 0.6 is 11.6 Å². The number of halogens is 1. The summed E-state index contributed by atoms with van der Waals surface area (Å²) in [6.45, 7) is 6.49. The van der Waals surface area contributed by atoms with E-state index in [1.165, 1.54) is 35.0 Å². The number of benzene rings is 1. The molecule has 6 heteroatoms. The minimum absolute atomic E-state index is 0.0166. The van der Waals surface area contributed by atoms with Gasteiger partial charge in [0, 0.05) is 64.5 Å². The SMILES string of the molecule is Cc1ccc(C(CC(=O)OC(C)C)Cn2c3c(c4cc(Cl)ccc42)C2CCC(C3)N2C)cn1. The number of carbonyl (C=O) groups is 1. The zero-order valence-corrected chi connectivity index (χ0v) is 20.6. The zero-order chi connectivity index (χ0) is 23.3. The van der Waals surface area contributed by atoms with Gasteiger partial charge in [-0.15, -0.1) is 0 Å². The third kappa shape index (κ3) is 4.17. The van der Waals surface area contributed by atoms with Crippen LogP contribution in [-0.4, -0.2) is 39.6 Å². The number of pyridine rings is 1. The van der Waals surface area contributed by atoms with Crippen molar-refractivity contribution in [1.82, 2.24) is 14.5 Å². The number of aryl methyl sites for hydroxylation is 1. The van der Waals surface area contributed by atoms with E-state index in [-0.39, 0.29) is 18.0 Å². The number of carbonyl (C=O) groups excluding carboxylic acids is 1. The molecule has 0 saturated carbocycles. The van der Waals surface area contributed by atoms with E-state index >= 15 is 0 Å². The fourth-order valence-corrected chi connectivity index (χ4v) is 5.95. The molecule has 5 nitrogen and oxygen atoms in total. The molecule has 4 heterocycles. The first-order chi connectivity index (χ1) is 15.8. The molecule has 1 aromatic carbocycles. The van der Waals surface area contributed by atoms with Crippen LogP contribution in [0.15, 0.2) is 36.5 Å². The van der Waals surface area contributed by atoms with Crippen LogP contribution in [0.25, 0.3) is 10.9 Å². The summed E-state index contributed by atoms with van der Waals surface area (Å²) >= 11 is 6.45. The number of esters is 1. The van der Waals surface area contributed by atoms with Gasteiger partial charge in [0.2, 0.25) is 0 Å². The lowest BCUT2D eigenvalue weighted by Gasteiger charge is -2.33. The van der Waals surface area contributed by atoms with Gasteiger partial charge in [0.05, 0.1) is 12.5 Å². The number of likely N-dealkylation sites (N-methyl/N-ethyl adjacent to an activating group) is 1. The second kappa shape index (κ2) is 8.77. The molecule has 0 spiro atoms. The number of aromatic nitrogens is 2. The molecule has 2 aromatic heterocycles. The highest BCUT2D eigenvalue weighted by molar-refractivity contribution is 6.31. The van der Waals surface area contributed by atoms with Crippen LogP contribution in [0.2, 0.25) is 5.02 Å². The van der Waals surface area contributed by atoms with E-state index in [0.29, 0.717) is 25.0 Å². The molecule has 33 heavy (non-hydrogen) atoms. The molecule has 3 atom stereocenters. The Labute approximate surface area is 200 Å². The maximum atomic E-state index is 12.7. The Morgan fingerprint density at radius 2 is 2.06 bits per heavy atom. The van der Waals surface area contributed by atoms with Crippen molar-refractivity contribution in [2.75, 3.05) is 7.05 Å². The fourth-order valence-electron chi connectivity index (χ4n) is 5.78. The van der Waals surface area contributed by atoms with Gasteiger partial charge in [-0.25, -0.2) is 0 Å². The monoisotopic (exact) mass is 465 g/mol. The van der Waals surface area contributed by atoms with Gasteiger partial charge in [0.15, 0.2) is 0 Å². The third-order valence-corrected chi connectivity index (χ3v) is 7.60. The van der Waals surface area contributed by atoms with Crippen LogP contribution in [0.5, 0.6) is 0 Å². The normalized spacial score (nSPS) is 20.9. The fraction of sp³-hybridized carbons (Fsp3) is 0.481. The molecule has 2 bridgehead atoms. The van der Waals surface area contributed by atoms with E-state index < -0.39 is 0 Å². The van der Waals surface area contributed by atoms with Gasteiger partial charge in [-0.2, -0.15) is 0 Å². The zero-order valence-electron chi connectivity index (χ0n) is 19.8. The van der Waals surface area contributed by atoms with E-state index in [1.54, 1.807) is 0 Å². The number of rotatable bonds is 6. The second-order valence-electron chi connectivity index (χ2n) is 9.92. The highest BCUT2D eigenvalue weighted by Gasteiger charge is 2.41. The van der Waals surface area contributed by atoms with Crippen LogP contribution in [0.1, 0.15) is 67.6 Å². The molecule has 2 aliphatic heterocycles. The van der Waals surface area contributed by atoms with Gasteiger partial charge in [0.25, 0.3) is 0 Å². The van der Waals surface area contributed by atoms with Crippen LogP contribution in [0.4, 0.5) is 0 Å². The molecule has 0 aliphatic carbocycles. The molecule has 1 saturated heterocycles. The Balaban J connectivity index is 1.59. The summed E-state index contributed by atoms with van der Waals surface area (Å²) in [6, 6.07) is 11.4. The summed E-state index contributed by atoms with van der Waals surface area (Å²) in [7, 11) is 2.25. The first kappa shape index (κ1) is 22.4. The van der Waals surface area contributed by atoms with Crippen molar-refractivity contribution in [1.29, 1.82) is 0 Å². The van der Waals surface area contributed by atoms with Crippen molar-refractivity contribution in [3.63, 3.8) is 0 Å². The lowest BCUT2D eigenvalue weighted by Crippen LogP contribution is -2.35. The van der Waals surface area contributed by atoms with E-state index in [1.807, 2.05) is 39.1 Å².